The molecule has 1 N–H and O–H groups in total. The Labute approximate surface area is 277 Å². The van der Waals surface area contributed by atoms with Crippen molar-refractivity contribution < 1.29 is 19.1 Å². The van der Waals surface area contributed by atoms with Crippen LogP contribution < -0.4 is 19.9 Å². The van der Waals surface area contributed by atoms with E-state index in [1.165, 1.54) is 22.9 Å². The number of nitrogens with one attached hydrogen (secondary N) is 1. The SMILES string of the molecule is CCCOc1ccc(/C=C2\C(=O)NC(=O)N(c3cc4c5c(c3)[C@H](c3ccccc3)CCN5CC[C@H]4c3ccccc3)C2=O)cc1Br. The van der Waals surface area contributed by atoms with Gasteiger partial charge in [0.05, 0.1) is 16.8 Å². The van der Waals surface area contributed by atoms with E-state index >= 15 is 0 Å². The van der Waals surface area contributed by atoms with Crippen molar-refractivity contribution >= 4 is 51.2 Å². The summed E-state index contributed by atoms with van der Waals surface area (Å²) in [4.78, 5) is 44.2. The lowest BCUT2D eigenvalue weighted by atomic mass is 9.76. The van der Waals surface area contributed by atoms with Crippen LogP contribution in [-0.4, -0.2) is 37.5 Å². The fourth-order valence-electron chi connectivity index (χ4n) is 6.96. The summed E-state index contributed by atoms with van der Waals surface area (Å²) in [5.41, 5.74) is 6.77. The lowest BCUT2D eigenvalue weighted by molar-refractivity contribution is -0.122. The Kier molecular flexibility index (Phi) is 8.21. The number of anilines is 2. The van der Waals surface area contributed by atoms with E-state index in [1.807, 2.05) is 31.2 Å². The van der Waals surface area contributed by atoms with Crippen LogP contribution in [0.4, 0.5) is 16.2 Å². The molecule has 0 spiro atoms. The molecule has 0 bridgehead atoms. The van der Waals surface area contributed by atoms with Gasteiger partial charge in [0, 0.05) is 30.6 Å². The molecule has 7 rings (SSSR count). The number of rotatable bonds is 7. The van der Waals surface area contributed by atoms with Gasteiger partial charge in [-0.2, -0.15) is 0 Å². The normalized spacial score (nSPS) is 20.0. The second kappa shape index (κ2) is 12.6. The quantitative estimate of drug-likeness (QED) is 0.160. The van der Waals surface area contributed by atoms with Crippen LogP contribution in [0.2, 0.25) is 0 Å². The molecule has 0 saturated carbocycles. The summed E-state index contributed by atoms with van der Waals surface area (Å²) in [7, 11) is 0. The highest BCUT2D eigenvalue weighted by Crippen LogP contribution is 2.50. The highest BCUT2D eigenvalue weighted by molar-refractivity contribution is 9.10. The number of amides is 4. The average molecular weight is 677 g/mol. The molecule has 0 unspecified atom stereocenters. The molecular weight excluding hydrogens is 642 g/mol. The van der Waals surface area contributed by atoms with Crippen LogP contribution in [0.3, 0.4) is 0 Å². The van der Waals surface area contributed by atoms with Crippen molar-refractivity contribution in [1.29, 1.82) is 0 Å². The van der Waals surface area contributed by atoms with Gasteiger partial charge < -0.3 is 9.64 Å². The van der Waals surface area contributed by atoms with Crippen LogP contribution >= 0.6 is 15.9 Å². The van der Waals surface area contributed by atoms with Gasteiger partial charge in [-0.1, -0.05) is 73.7 Å². The Balaban J connectivity index is 1.34. The summed E-state index contributed by atoms with van der Waals surface area (Å²) in [6, 6.07) is 29.4. The second-order valence-corrected chi connectivity index (χ2v) is 12.8. The van der Waals surface area contributed by atoms with Crippen LogP contribution in [0.15, 0.2) is 101 Å². The van der Waals surface area contributed by atoms with Crippen molar-refractivity contribution in [3.63, 3.8) is 0 Å². The van der Waals surface area contributed by atoms with E-state index in [1.54, 1.807) is 18.2 Å². The summed E-state index contributed by atoms with van der Waals surface area (Å²) in [6.45, 7) is 4.48. The first-order chi connectivity index (χ1) is 22.4. The van der Waals surface area contributed by atoms with E-state index in [2.05, 4.69) is 74.7 Å². The van der Waals surface area contributed by atoms with Gasteiger partial charge >= 0.3 is 6.03 Å². The average Bonchev–Trinajstić information content (AvgIpc) is 3.07. The van der Waals surface area contributed by atoms with E-state index in [9.17, 15) is 14.4 Å². The summed E-state index contributed by atoms with van der Waals surface area (Å²) in [5, 5.41) is 2.42. The molecule has 2 atom stereocenters. The predicted molar refractivity (Wildman–Crippen MR) is 183 cm³/mol. The molecule has 0 aromatic heterocycles. The van der Waals surface area contributed by atoms with Crippen LogP contribution in [-0.2, 0) is 9.59 Å². The molecule has 4 amide bonds. The minimum atomic E-state index is -0.750. The maximum atomic E-state index is 14.1. The Hall–Kier alpha value is -4.69. The number of halogens is 1. The molecule has 3 heterocycles. The van der Waals surface area contributed by atoms with Crippen molar-refractivity contribution in [2.75, 3.05) is 29.5 Å². The summed E-state index contributed by atoms with van der Waals surface area (Å²) in [5.74, 6) is -0.488. The Morgan fingerprint density at radius 1 is 0.848 bits per heavy atom. The fraction of sp³-hybridized carbons (Fsp3) is 0.237. The zero-order valence-corrected chi connectivity index (χ0v) is 27.1. The standard InChI is InChI=1S/C38H34BrN3O4/c1-2-19-46-34-14-13-24(21-33(34)39)20-32-36(43)40-38(45)42(37(32)44)27-22-30-28(25-9-5-3-6-10-25)15-17-41-18-16-29(31(23-27)35(30)41)26-11-7-4-8-12-26/h3-14,20-23,28-29H,2,15-19H2,1H3,(H,40,43,45)/b32-20+/t28-,29-/m0/s1. The Morgan fingerprint density at radius 3 is 2.02 bits per heavy atom. The minimum Gasteiger partial charge on any atom is -0.492 e. The zero-order chi connectivity index (χ0) is 31.8. The highest BCUT2D eigenvalue weighted by Gasteiger charge is 2.40. The molecule has 0 aliphatic carbocycles. The largest absolute Gasteiger partial charge is 0.492 e. The number of hydrogen-bond donors (Lipinski definition) is 1. The third-order valence-electron chi connectivity index (χ3n) is 9.09. The molecule has 3 aliphatic rings. The smallest absolute Gasteiger partial charge is 0.335 e. The molecule has 3 aliphatic heterocycles. The molecule has 1 saturated heterocycles. The highest BCUT2D eigenvalue weighted by atomic mass is 79.9. The third kappa shape index (κ3) is 5.51. The van der Waals surface area contributed by atoms with Gasteiger partial charge in [0.2, 0.25) is 0 Å². The van der Waals surface area contributed by atoms with Crippen molar-refractivity contribution in [2.45, 2.75) is 38.0 Å². The van der Waals surface area contributed by atoms with E-state index in [-0.39, 0.29) is 17.4 Å². The number of imide groups is 2. The molecule has 46 heavy (non-hydrogen) atoms. The van der Waals surface area contributed by atoms with Gasteiger partial charge in [-0.15, -0.1) is 0 Å². The second-order valence-electron chi connectivity index (χ2n) is 12.0. The number of carbonyl (C=O) groups excluding carboxylic acids is 3. The lowest BCUT2D eigenvalue weighted by Gasteiger charge is -2.44. The summed E-state index contributed by atoms with van der Waals surface area (Å²) >= 11 is 3.53. The molecular formula is C38H34BrN3O4. The first-order valence-corrected chi connectivity index (χ1v) is 16.6. The first kappa shape index (κ1) is 30.0. The minimum absolute atomic E-state index is 0.103. The number of ether oxygens (including phenoxy) is 1. The zero-order valence-electron chi connectivity index (χ0n) is 25.5. The predicted octanol–water partition coefficient (Wildman–Crippen LogP) is 7.78. The molecule has 4 aromatic carbocycles. The Bertz CT molecular complexity index is 1780. The van der Waals surface area contributed by atoms with Crippen LogP contribution in [0.1, 0.15) is 65.8 Å². The van der Waals surface area contributed by atoms with Gasteiger partial charge in [-0.05, 0) is 93.4 Å². The van der Waals surface area contributed by atoms with E-state index < -0.39 is 17.8 Å². The number of nitrogens with zero attached hydrogens (tertiary/aromatic N) is 2. The number of hydrogen-bond acceptors (Lipinski definition) is 5. The van der Waals surface area contributed by atoms with Crippen LogP contribution in [0.25, 0.3) is 6.08 Å². The number of urea groups is 1. The van der Waals surface area contributed by atoms with Gasteiger partial charge in [0.15, 0.2) is 0 Å². The maximum absolute atomic E-state index is 14.1. The summed E-state index contributed by atoms with van der Waals surface area (Å²) < 4.78 is 6.46. The topological polar surface area (TPSA) is 79.0 Å². The number of barbiturate groups is 1. The first-order valence-electron chi connectivity index (χ1n) is 15.8. The number of carbonyl (C=O) groups is 3. The van der Waals surface area contributed by atoms with Crippen molar-refractivity contribution in [1.82, 2.24) is 5.32 Å². The van der Waals surface area contributed by atoms with E-state index in [0.29, 0.717) is 28.1 Å². The summed E-state index contributed by atoms with van der Waals surface area (Å²) in [6.07, 6.45) is 4.24. The number of benzene rings is 4. The van der Waals surface area contributed by atoms with Crippen molar-refractivity contribution in [3.05, 3.63) is 129 Å². The molecule has 4 aromatic rings. The molecule has 7 nitrogen and oxygen atoms in total. The van der Waals surface area contributed by atoms with Gasteiger partial charge in [0.25, 0.3) is 11.8 Å². The Morgan fingerprint density at radius 2 is 1.46 bits per heavy atom. The van der Waals surface area contributed by atoms with E-state index in [4.69, 9.17) is 4.74 Å². The van der Waals surface area contributed by atoms with Crippen LogP contribution in [0.5, 0.6) is 5.75 Å². The van der Waals surface area contributed by atoms with Crippen molar-refractivity contribution in [2.24, 2.45) is 0 Å². The lowest BCUT2D eigenvalue weighted by Crippen LogP contribution is -2.54. The monoisotopic (exact) mass is 675 g/mol. The molecule has 0 radical (unpaired) electrons. The van der Waals surface area contributed by atoms with E-state index in [0.717, 1.165) is 48.4 Å². The molecule has 8 heteroatoms. The van der Waals surface area contributed by atoms with Gasteiger partial charge in [0.1, 0.15) is 11.3 Å². The maximum Gasteiger partial charge on any atom is 0.335 e. The fourth-order valence-corrected chi connectivity index (χ4v) is 7.47. The molecule has 1 fully saturated rings. The van der Waals surface area contributed by atoms with Crippen molar-refractivity contribution in [3.8, 4) is 5.75 Å². The van der Waals surface area contributed by atoms with Crippen LogP contribution in [0, 0.1) is 0 Å². The van der Waals surface area contributed by atoms with Gasteiger partial charge in [-0.3, -0.25) is 14.9 Å². The third-order valence-corrected chi connectivity index (χ3v) is 9.71. The van der Waals surface area contributed by atoms with Gasteiger partial charge in [-0.25, -0.2) is 9.69 Å². The molecule has 232 valence electrons.